The third-order valence-electron chi connectivity index (χ3n) is 2.29. The highest BCUT2D eigenvalue weighted by Crippen LogP contribution is 2.20. The quantitative estimate of drug-likeness (QED) is 0.524. The van der Waals surface area contributed by atoms with Crippen LogP contribution >= 0.6 is 15.9 Å². The number of benzene rings is 1. The molecule has 0 bridgehead atoms. The first-order valence-corrected chi connectivity index (χ1v) is 5.75. The van der Waals surface area contributed by atoms with Crippen molar-refractivity contribution in [3.05, 3.63) is 34.3 Å². The molecule has 1 N–H and O–H groups in total. The minimum atomic E-state index is -1.26. The number of ketones is 1. The molecule has 0 spiro atoms. The zero-order valence-corrected chi connectivity index (χ0v) is 11.0. The van der Waals surface area contributed by atoms with E-state index in [1.807, 2.05) is 0 Å². The topological polar surface area (TPSA) is 94.0 Å². The summed E-state index contributed by atoms with van der Waals surface area (Å²) < 4.78 is 0.799. The molecule has 6 nitrogen and oxygen atoms in total. The lowest BCUT2D eigenvalue weighted by Gasteiger charge is -2.23. The van der Waals surface area contributed by atoms with Gasteiger partial charge >= 0.3 is 12.3 Å². The number of amides is 1. The number of hydrogen-bond acceptors (Lipinski definition) is 2. The Morgan fingerprint density at radius 3 is 2.44 bits per heavy atom. The molecule has 0 aliphatic heterocycles. The lowest BCUT2D eigenvalue weighted by atomic mass is 10.1. The fourth-order valence-electron chi connectivity index (χ4n) is 1.39. The fourth-order valence-corrected chi connectivity index (χ4v) is 1.66. The van der Waals surface area contributed by atoms with E-state index in [0.717, 1.165) is 9.37 Å². The number of hydrogen-bond donors (Lipinski definition) is 1. The van der Waals surface area contributed by atoms with Crippen LogP contribution in [0.1, 0.15) is 6.92 Å². The van der Waals surface area contributed by atoms with Crippen molar-refractivity contribution in [3.8, 4) is 0 Å². The Hall–Kier alpha value is -1.98. The van der Waals surface area contributed by atoms with Gasteiger partial charge in [0.2, 0.25) is 0 Å². The van der Waals surface area contributed by atoms with Gasteiger partial charge in [-0.05, 0) is 31.2 Å². The molecule has 1 rings (SSSR count). The third-order valence-corrected chi connectivity index (χ3v) is 2.82. The van der Waals surface area contributed by atoms with Crippen LogP contribution in [0.25, 0.3) is 5.53 Å². The predicted molar refractivity (Wildman–Crippen MR) is 68.8 cm³/mol. The molecule has 0 fully saturated rings. The Kier molecular flexibility index (Phi) is 4.76. The highest BCUT2D eigenvalue weighted by Gasteiger charge is 2.27. The molecule has 0 aliphatic carbocycles. The smallest absolute Gasteiger partial charge is 0.412 e. The SMILES string of the molecule is CC(C(=O)C=[N+]=[N-])N(C(=O)O)c1ccc(Br)cc1. The van der Waals surface area contributed by atoms with Crippen LogP contribution in [0.2, 0.25) is 0 Å². The van der Waals surface area contributed by atoms with Crippen LogP contribution in [-0.2, 0) is 4.79 Å². The van der Waals surface area contributed by atoms with E-state index in [0.29, 0.717) is 11.9 Å². The molecule has 1 atom stereocenters. The predicted octanol–water partition coefficient (Wildman–Crippen LogP) is 2.19. The molecule has 0 saturated carbocycles. The van der Waals surface area contributed by atoms with Gasteiger partial charge in [-0.25, -0.2) is 4.79 Å². The van der Waals surface area contributed by atoms with E-state index >= 15 is 0 Å². The number of Topliss-reactive ketones (excluding diaryl/α,β-unsaturated/α-hetero) is 1. The Labute approximate surface area is 112 Å². The maximum absolute atomic E-state index is 11.5. The molecule has 18 heavy (non-hydrogen) atoms. The van der Waals surface area contributed by atoms with Gasteiger partial charge in [0, 0.05) is 10.2 Å². The maximum Gasteiger partial charge on any atom is 0.412 e. The lowest BCUT2D eigenvalue weighted by Crippen LogP contribution is -2.43. The minimum Gasteiger partial charge on any atom is -0.465 e. The average molecular weight is 312 g/mol. The summed E-state index contributed by atoms with van der Waals surface area (Å²) in [5.41, 5.74) is 8.65. The Balaban J connectivity index is 3.10. The standard InChI is InChI=1S/C11H10BrN3O3/c1-7(10(16)6-14-13)15(11(17)18)9-4-2-8(12)3-5-9/h2-7H,1H3,(H,17,18). The minimum absolute atomic E-state index is 0.359. The second-order valence-electron chi connectivity index (χ2n) is 3.45. The first-order valence-electron chi connectivity index (χ1n) is 4.96. The second-order valence-corrected chi connectivity index (χ2v) is 4.37. The van der Waals surface area contributed by atoms with E-state index in [-0.39, 0.29) is 0 Å². The zero-order chi connectivity index (χ0) is 13.7. The van der Waals surface area contributed by atoms with Crippen molar-refractivity contribution in [2.24, 2.45) is 0 Å². The highest BCUT2D eigenvalue weighted by atomic mass is 79.9. The highest BCUT2D eigenvalue weighted by molar-refractivity contribution is 9.10. The normalized spacial score (nSPS) is 11.2. The summed E-state index contributed by atoms with van der Waals surface area (Å²) in [4.78, 5) is 26.2. The summed E-state index contributed by atoms with van der Waals surface area (Å²) >= 11 is 3.24. The molecular weight excluding hydrogens is 302 g/mol. The van der Waals surface area contributed by atoms with Crippen LogP contribution < -0.4 is 4.90 Å². The van der Waals surface area contributed by atoms with Crippen LogP contribution in [0.4, 0.5) is 10.5 Å². The third kappa shape index (κ3) is 3.26. The van der Waals surface area contributed by atoms with Crippen molar-refractivity contribution in [2.45, 2.75) is 13.0 Å². The van der Waals surface area contributed by atoms with Crippen molar-refractivity contribution < 1.29 is 19.5 Å². The molecule has 1 aromatic rings. The van der Waals surface area contributed by atoms with Crippen molar-refractivity contribution in [1.82, 2.24) is 0 Å². The van der Waals surface area contributed by atoms with Crippen molar-refractivity contribution >= 4 is 39.7 Å². The van der Waals surface area contributed by atoms with Gasteiger partial charge in [0.15, 0.2) is 0 Å². The monoisotopic (exact) mass is 311 g/mol. The van der Waals surface area contributed by atoms with Gasteiger partial charge in [0.1, 0.15) is 6.04 Å². The molecule has 1 aromatic carbocycles. The number of anilines is 1. The number of carbonyl (C=O) groups excluding carboxylic acids is 1. The second kappa shape index (κ2) is 6.09. The van der Waals surface area contributed by atoms with Gasteiger partial charge < -0.3 is 10.6 Å². The van der Waals surface area contributed by atoms with Gasteiger partial charge in [0.25, 0.3) is 5.78 Å². The number of nitrogens with zero attached hydrogens (tertiary/aromatic N) is 3. The van der Waals surface area contributed by atoms with E-state index in [1.165, 1.54) is 6.92 Å². The van der Waals surface area contributed by atoms with E-state index in [2.05, 4.69) is 20.7 Å². The molecule has 0 heterocycles. The van der Waals surface area contributed by atoms with E-state index < -0.39 is 17.9 Å². The van der Waals surface area contributed by atoms with Crippen LogP contribution in [-0.4, -0.2) is 34.0 Å². The molecule has 0 radical (unpaired) electrons. The average Bonchev–Trinajstić information content (AvgIpc) is 2.31. The molecule has 7 heteroatoms. The lowest BCUT2D eigenvalue weighted by molar-refractivity contribution is -0.116. The largest absolute Gasteiger partial charge is 0.465 e. The summed E-state index contributed by atoms with van der Waals surface area (Å²) in [6.45, 7) is 1.42. The Morgan fingerprint density at radius 2 is 2.00 bits per heavy atom. The van der Waals surface area contributed by atoms with Crippen molar-refractivity contribution in [3.63, 3.8) is 0 Å². The van der Waals surface area contributed by atoms with Crippen LogP contribution in [0.5, 0.6) is 0 Å². The number of carboxylic acid groups (broad SMARTS) is 1. The van der Waals surface area contributed by atoms with E-state index in [1.54, 1.807) is 24.3 Å². The first kappa shape index (κ1) is 14.1. The Morgan fingerprint density at radius 1 is 1.44 bits per heavy atom. The number of halogens is 1. The zero-order valence-electron chi connectivity index (χ0n) is 9.45. The van der Waals surface area contributed by atoms with Crippen LogP contribution in [0, 0.1) is 0 Å². The van der Waals surface area contributed by atoms with Crippen molar-refractivity contribution in [1.29, 1.82) is 0 Å². The fraction of sp³-hybridized carbons (Fsp3) is 0.182. The van der Waals surface area contributed by atoms with Gasteiger partial charge in [0.05, 0.1) is 0 Å². The summed E-state index contributed by atoms with van der Waals surface area (Å²) in [5.74, 6) is -0.609. The molecule has 1 unspecified atom stereocenters. The van der Waals surface area contributed by atoms with Crippen molar-refractivity contribution in [2.75, 3.05) is 4.90 Å². The van der Waals surface area contributed by atoms with E-state index in [9.17, 15) is 9.59 Å². The number of carbonyl (C=O) groups is 2. The van der Waals surface area contributed by atoms with Crippen LogP contribution in [0.15, 0.2) is 28.7 Å². The molecule has 0 saturated heterocycles. The molecule has 0 aliphatic rings. The maximum atomic E-state index is 11.5. The van der Waals surface area contributed by atoms with E-state index in [4.69, 9.17) is 10.6 Å². The first-order chi connectivity index (χ1) is 8.47. The van der Waals surface area contributed by atoms with Gasteiger partial charge in [-0.15, -0.1) is 0 Å². The summed E-state index contributed by atoms with van der Waals surface area (Å²) in [6.07, 6.45) is -0.580. The van der Waals surface area contributed by atoms with Crippen LogP contribution in [0.3, 0.4) is 0 Å². The summed E-state index contributed by atoms with van der Waals surface area (Å²) in [7, 11) is 0. The molecule has 94 valence electrons. The molecule has 0 aromatic heterocycles. The van der Waals surface area contributed by atoms with Gasteiger partial charge in [-0.1, -0.05) is 15.9 Å². The molecule has 1 amide bonds. The Bertz CT molecular complexity index is 509. The van der Waals surface area contributed by atoms with Gasteiger partial charge in [-0.3, -0.25) is 9.69 Å². The van der Waals surface area contributed by atoms with Gasteiger partial charge in [-0.2, -0.15) is 4.79 Å². The summed E-state index contributed by atoms with van der Waals surface area (Å²) in [5, 5.41) is 9.14. The summed E-state index contributed by atoms with van der Waals surface area (Å²) in [6, 6.07) is 5.50. The number of rotatable bonds is 4. The molecular formula is C11H10BrN3O3.